The lowest BCUT2D eigenvalue weighted by atomic mass is 9.86. The molecule has 2 atom stereocenters. The molecule has 1 aromatic carbocycles. The van der Waals surface area contributed by atoms with Crippen LogP contribution in [0.25, 0.3) is 0 Å². The number of likely N-dealkylation sites (tertiary alicyclic amines) is 1. The molecule has 2 aliphatic heterocycles. The third-order valence-electron chi connectivity index (χ3n) is 5.97. The first-order valence-electron chi connectivity index (χ1n) is 10.4. The summed E-state index contributed by atoms with van der Waals surface area (Å²) >= 11 is 0. The maximum atomic E-state index is 12.6. The van der Waals surface area contributed by atoms with Crippen molar-refractivity contribution in [2.75, 3.05) is 27.3 Å². The SMILES string of the molecule is COc1ccc(CN2C(=O)C(OC)C2C2=CCN(C(=O)Cc3cccnc3)CC2)cc1. The molecule has 4 rings (SSSR count). The van der Waals surface area contributed by atoms with Crippen molar-refractivity contribution in [3.8, 4) is 5.75 Å². The summed E-state index contributed by atoms with van der Waals surface area (Å²) in [4.78, 5) is 33.0. The number of benzene rings is 1. The van der Waals surface area contributed by atoms with Gasteiger partial charge in [0.05, 0.1) is 19.6 Å². The van der Waals surface area contributed by atoms with Gasteiger partial charge in [0.2, 0.25) is 5.91 Å². The second-order valence-electron chi connectivity index (χ2n) is 7.82. The van der Waals surface area contributed by atoms with Crippen LogP contribution in [0.15, 0.2) is 60.4 Å². The number of β-lactam (4-membered cyclic amide) rings is 1. The molecule has 0 bridgehead atoms. The summed E-state index contributed by atoms with van der Waals surface area (Å²) in [6, 6.07) is 11.4. The van der Waals surface area contributed by atoms with Crippen molar-refractivity contribution < 1.29 is 19.1 Å². The van der Waals surface area contributed by atoms with E-state index in [2.05, 4.69) is 11.1 Å². The third-order valence-corrected chi connectivity index (χ3v) is 5.97. The Kier molecular flexibility index (Phi) is 6.32. The fourth-order valence-corrected chi connectivity index (χ4v) is 4.21. The first kappa shape index (κ1) is 21.1. The minimum atomic E-state index is -0.456. The quantitative estimate of drug-likeness (QED) is 0.506. The number of methoxy groups -OCH3 is 2. The van der Waals surface area contributed by atoms with E-state index >= 15 is 0 Å². The molecule has 1 aromatic heterocycles. The Morgan fingerprint density at radius 3 is 2.58 bits per heavy atom. The lowest BCUT2D eigenvalue weighted by Crippen LogP contribution is -2.66. The van der Waals surface area contributed by atoms with Crippen molar-refractivity contribution in [3.63, 3.8) is 0 Å². The molecule has 31 heavy (non-hydrogen) atoms. The van der Waals surface area contributed by atoms with Gasteiger partial charge in [-0.05, 0) is 41.3 Å². The summed E-state index contributed by atoms with van der Waals surface area (Å²) in [5.41, 5.74) is 3.11. The zero-order valence-electron chi connectivity index (χ0n) is 17.9. The molecule has 2 amide bonds. The number of nitrogens with zero attached hydrogens (tertiary/aromatic N) is 3. The monoisotopic (exact) mass is 421 g/mol. The maximum Gasteiger partial charge on any atom is 0.255 e. The molecule has 0 radical (unpaired) electrons. The van der Waals surface area contributed by atoms with Crippen molar-refractivity contribution in [3.05, 3.63) is 71.6 Å². The summed E-state index contributed by atoms with van der Waals surface area (Å²) in [7, 11) is 3.21. The highest BCUT2D eigenvalue weighted by Gasteiger charge is 2.49. The second-order valence-corrected chi connectivity index (χ2v) is 7.82. The Hall–Kier alpha value is -3.19. The first-order chi connectivity index (χ1) is 15.1. The Morgan fingerprint density at radius 1 is 1.16 bits per heavy atom. The lowest BCUT2D eigenvalue weighted by Gasteiger charge is -2.48. The Bertz CT molecular complexity index is 959. The van der Waals surface area contributed by atoms with Crippen LogP contribution in [0.1, 0.15) is 17.5 Å². The fourth-order valence-electron chi connectivity index (χ4n) is 4.21. The van der Waals surface area contributed by atoms with Crippen molar-refractivity contribution >= 4 is 11.8 Å². The van der Waals surface area contributed by atoms with E-state index in [1.807, 2.05) is 46.2 Å². The summed E-state index contributed by atoms with van der Waals surface area (Å²) in [6.45, 7) is 1.71. The largest absolute Gasteiger partial charge is 0.497 e. The molecule has 2 aromatic rings. The Balaban J connectivity index is 1.41. The average Bonchev–Trinajstić information content (AvgIpc) is 2.82. The van der Waals surface area contributed by atoms with Crippen molar-refractivity contribution in [1.29, 1.82) is 0 Å². The Morgan fingerprint density at radius 2 is 1.97 bits per heavy atom. The van der Waals surface area contributed by atoms with Gasteiger partial charge in [0.15, 0.2) is 6.10 Å². The standard InChI is InChI=1S/C24H27N3O4/c1-30-20-7-5-17(6-8-20)16-27-22(23(31-2)24(27)29)19-9-12-26(13-10-19)21(28)14-18-4-3-11-25-15-18/h3-9,11,15,22-23H,10,12-14,16H2,1-2H3. The third kappa shape index (κ3) is 4.46. The highest BCUT2D eigenvalue weighted by molar-refractivity contribution is 5.90. The molecule has 7 heteroatoms. The normalized spacial score (nSPS) is 20.8. The number of hydrogen-bond donors (Lipinski definition) is 0. The van der Waals surface area contributed by atoms with Gasteiger partial charge in [0.25, 0.3) is 5.91 Å². The van der Waals surface area contributed by atoms with Gasteiger partial charge in [-0.2, -0.15) is 0 Å². The molecule has 1 saturated heterocycles. The van der Waals surface area contributed by atoms with E-state index in [9.17, 15) is 9.59 Å². The lowest BCUT2D eigenvalue weighted by molar-refractivity contribution is -0.168. The number of rotatable bonds is 7. The van der Waals surface area contributed by atoms with Gasteiger partial charge in [-0.25, -0.2) is 0 Å². The molecule has 2 aliphatic rings. The number of aromatic nitrogens is 1. The summed E-state index contributed by atoms with van der Waals surface area (Å²) < 4.78 is 10.7. The molecule has 162 valence electrons. The number of carbonyl (C=O) groups excluding carboxylic acids is 2. The van der Waals surface area contributed by atoms with Gasteiger partial charge in [-0.3, -0.25) is 14.6 Å². The van der Waals surface area contributed by atoms with E-state index in [0.29, 0.717) is 26.1 Å². The van der Waals surface area contributed by atoms with E-state index in [-0.39, 0.29) is 17.9 Å². The van der Waals surface area contributed by atoms with Crippen LogP contribution in [0.3, 0.4) is 0 Å². The van der Waals surface area contributed by atoms with Crippen LogP contribution in [-0.4, -0.2) is 66.1 Å². The summed E-state index contributed by atoms with van der Waals surface area (Å²) in [5.74, 6) is 0.877. The van der Waals surface area contributed by atoms with Gasteiger partial charge >= 0.3 is 0 Å². The number of pyridine rings is 1. The fraction of sp³-hybridized carbons (Fsp3) is 0.375. The molecule has 0 saturated carbocycles. The van der Waals surface area contributed by atoms with Crippen LogP contribution in [0.2, 0.25) is 0 Å². The molecule has 0 aliphatic carbocycles. The predicted molar refractivity (Wildman–Crippen MR) is 115 cm³/mol. The summed E-state index contributed by atoms with van der Waals surface area (Å²) in [5, 5.41) is 0. The minimum absolute atomic E-state index is 0.000647. The molecular weight excluding hydrogens is 394 g/mol. The van der Waals surface area contributed by atoms with Crippen LogP contribution >= 0.6 is 0 Å². The van der Waals surface area contributed by atoms with Crippen LogP contribution in [0.5, 0.6) is 5.75 Å². The highest BCUT2D eigenvalue weighted by Crippen LogP contribution is 2.33. The topological polar surface area (TPSA) is 72.0 Å². The highest BCUT2D eigenvalue weighted by atomic mass is 16.5. The zero-order valence-corrected chi connectivity index (χ0v) is 17.9. The number of carbonyl (C=O) groups is 2. The van der Waals surface area contributed by atoms with Gasteiger partial charge in [-0.15, -0.1) is 0 Å². The van der Waals surface area contributed by atoms with Crippen molar-refractivity contribution in [2.24, 2.45) is 0 Å². The molecule has 0 N–H and O–H groups in total. The zero-order chi connectivity index (χ0) is 21.8. The molecule has 7 nitrogen and oxygen atoms in total. The van der Waals surface area contributed by atoms with E-state index in [1.54, 1.807) is 26.6 Å². The number of hydrogen-bond acceptors (Lipinski definition) is 5. The second kappa shape index (κ2) is 9.31. The molecule has 1 fully saturated rings. The molecule has 0 spiro atoms. The van der Waals surface area contributed by atoms with Crippen molar-refractivity contribution in [2.45, 2.75) is 31.5 Å². The Labute approximate surface area is 182 Å². The number of ether oxygens (including phenoxy) is 2. The van der Waals surface area contributed by atoms with Gasteiger partial charge in [0.1, 0.15) is 5.75 Å². The maximum absolute atomic E-state index is 12.6. The van der Waals surface area contributed by atoms with Gasteiger partial charge in [0, 0.05) is 39.1 Å². The van der Waals surface area contributed by atoms with E-state index in [0.717, 1.165) is 28.9 Å². The van der Waals surface area contributed by atoms with Gasteiger partial charge in [-0.1, -0.05) is 24.3 Å². The first-order valence-corrected chi connectivity index (χ1v) is 10.4. The smallest absolute Gasteiger partial charge is 0.255 e. The average molecular weight is 421 g/mol. The van der Waals surface area contributed by atoms with Gasteiger partial charge < -0.3 is 19.3 Å². The van der Waals surface area contributed by atoms with Crippen molar-refractivity contribution in [1.82, 2.24) is 14.8 Å². The molecule has 2 unspecified atom stereocenters. The van der Waals surface area contributed by atoms with Crippen LogP contribution in [0.4, 0.5) is 0 Å². The van der Waals surface area contributed by atoms with E-state index in [4.69, 9.17) is 9.47 Å². The summed E-state index contributed by atoms with van der Waals surface area (Å²) in [6.07, 6.45) is 6.13. The predicted octanol–water partition coefficient (Wildman–Crippen LogP) is 2.22. The van der Waals surface area contributed by atoms with Crippen LogP contribution in [0, 0.1) is 0 Å². The van der Waals surface area contributed by atoms with Crippen LogP contribution in [-0.2, 0) is 27.3 Å². The van der Waals surface area contributed by atoms with Crippen LogP contribution < -0.4 is 4.74 Å². The molecule has 3 heterocycles. The van der Waals surface area contributed by atoms with E-state index < -0.39 is 6.10 Å². The number of amides is 2. The minimum Gasteiger partial charge on any atom is -0.497 e. The van der Waals surface area contributed by atoms with E-state index in [1.165, 1.54) is 0 Å². The molecular formula is C24H27N3O4.